The summed E-state index contributed by atoms with van der Waals surface area (Å²) in [5.41, 5.74) is 0.992. The van der Waals surface area contributed by atoms with Crippen LogP contribution in [0.2, 0.25) is 0 Å². The highest BCUT2D eigenvalue weighted by molar-refractivity contribution is 9.10. The summed E-state index contributed by atoms with van der Waals surface area (Å²) in [6.45, 7) is 0.374. The number of nitro groups is 1. The lowest BCUT2D eigenvalue weighted by molar-refractivity contribution is -0.385. The third-order valence-electron chi connectivity index (χ3n) is 2.74. The van der Waals surface area contributed by atoms with Crippen LogP contribution >= 0.6 is 15.9 Å². The molecule has 0 aliphatic rings. The van der Waals surface area contributed by atoms with E-state index < -0.39 is 4.92 Å². The van der Waals surface area contributed by atoms with Crippen molar-refractivity contribution in [1.82, 2.24) is 4.90 Å². The fourth-order valence-corrected chi connectivity index (χ4v) is 2.13. The van der Waals surface area contributed by atoms with E-state index in [-0.39, 0.29) is 17.2 Å². The highest BCUT2D eigenvalue weighted by Gasteiger charge is 2.18. The highest BCUT2D eigenvalue weighted by Crippen LogP contribution is 2.26. The van der Waals surface area contributed by atoms with E-state index in [4.69, 9.17) is 4.42 Å². The minimum Gasteiger partial charge on any atom is -0.472 e. The van der Waals surface area contributed by atoms with Crippen LogP contribution in [0.1, 0.15) is 15.9 Å². The molecular weight excluding hydrogens is 328 g/mol. The number of benzene rings is 1. The molecule has 0 atom stereocenters. The summed E-state index contributed by atoms with van der Waals surface area (Å²) in [4.78, 5) is 24.0. The summed E-state index contributed by atoms with van der Waals surface area (Å²) in [7, 11) is 1.63. The molecule has 1 aromatic carbocycles. The van der Waals surface area contributed by atoms with E-state index in [9.17, 15) is 14.9 Å². The molecule has 6 nitrogen and oxygen atoms in total. The Hall–Kier alpha value is -2.15. The van der Waals surface area contributed by atoms with E-state index in [1.807, 2.05) is 0 Å². The SMILES string of the molecule is CN(Cc1ccoc1)C(=O)c1ccc(Br)c([N+](=O)[O-])c1. The quantitative estimate of drug-likeness (QED) is 0.633. The first kappa shape index (κ1) is 14.3. The number of halogens is 1. The van der Waals surface area contributed by atoms with Crippen molar-refractivity contribution in [3.63, 3.8) is 0 Å². The monoisotopic (exact) mass is 338 g/mol. The van der Waals surface area contributed by atoms with Crippen molar-refractivity contribution in [3.8, 4) is 0 Å². The zero-order valence-electron chi connectivity index (χ0n) is 10.6. The van der Waals surface area contributed by atoms with Gasteiger partial charge in [0.15, 0.2) is 0 Å². The Kier molecular flexibility index (Phi) is 4.19. The van der Waals surface area contributed by atoms with Crippen LogP contribution in [0.4, 0.5) is 5.69 Å². The first-order chi connectivity index (χ1) is 9.49. The number of rotatable bonds is 4. The summed E-state index contributed by atoms with van der Waals surface area (Å²) < 4.78 is 5.28. The zero-order valence-corrected chi connectivity index (χ0v) is 12.2. The molecule has 7 heteroatoms. The lowest BCUT2D eigenvalue weighted by Gasteiger charge is -2.16. The third kappa shape index (κ3) is 3.05. The predicted molar refractivity (Wildman–Crippen MR) is 75.3 cm³/mol. The van der Waals surface area contributed by atoms with Crippen molar-refractivity contribution >= 4 is 27.5 Å². The molecule has 0 radical (unpaired) electrons. The molecule has 104 valence electrons. The van der Waals surface area contributed by atoms with Crippen molar-refractivity contribution in [1.29, 1.82) is 0 Å². The van der Waals surface area contributed by atoms with E-state index >= 15 is 0 Å². The van der Waals surface area contributed by atoms with Gasteiger partial charge in [0.1, 0.15) is 0 Å². The van der Waals surface area contributed by atoms with Crippen molar-refractivity contribution in [2.24, 2.45) is 0 Å². The molecule has 1 aromatic heterocycles. The topological polar surface area (TPSA) is 76.6 Å². The number of nitrogens with zero attached hydrogens (tertiary/aromatic N) is 2. The Morgan fingerprint density at radius 2 is 2.20 bits per heavy atom. The van der Waals surface area contributed by atoms with Crippen LogP contribution in [-0.4, -0.2) is 22.8 Å². The molecule has 20 heavy (non-hydrogen) atoms. The maximum absolute atomic E-state index is 12.2. The molecular formula is C13H11BrN2O4. The van der Waals surface area contributed by atoms with Crippen LogP contribution in [0.25, 0.3) is 0 Å². The molecule has 0 saturated heterocycles. The molecule has 0 fully saturated rings. The Labute approximate surface area is 123 Å². The molecule has 1 heterocycles. The van der Waals surface area contributed by atoms with E-state index in [2.05, 4.69) is 15.9 Å². The van der Waals surface area contributed by atoms with Gasteiger partial charge < -0.3 is 9.32 Å². The molecule has 0 unspecified atom stereocenters. The minimum absolute atomic E-state index is 0.132. The normalized spacial score (nSPS) is 10.3. The lowest BCUT2D eigenvalue weighted by atomic mass is 10.1. The van der Waals surface area contributed by atoms with Crippen LogP contribution in [0.3, 0.4) is 0 Å². The summed E-state index contributed by atoms with van der Waals surface area (Å²) in [6, 6.07) is 6.06. The van der Waals surface area contributed by atoms with Crippen LogP contribution in [0.5, 0.6) is 0 Å². The molecule has 0 bridgehead atoms. The number of carbonyl (C=O) groups excluding carboxylic acids is 1. The van der Waals surface area contributed by atoms with Crippen LogP contribution in [0.15, 0.2) is 45.7 Å². The predicted octanol–water partition coefficient (Wildman–Crippen LogP) is 3.22. The minimum atomic E-state index is -0.531. The van der Waals surface area contributed by atoms with Crippen LogP contribution in [0, 0.1) is 10.1 Å². The van der Waals surface area contributed by atoms with E-state index in [0.29, 0.717) is 11.0 Å². The van der Waals surface area contributed by atoms with Gasteiger partial charge in [-0.1, -0.05) is 0 Å². The number of nitro benzene ring substituents is 1. The Bertz CT molecular complexity index is 640. The van der Waals surface area contributed by atoms with Crippen molar-refractivity contribution in [2.45, 2.75) is 6.54 Å². The highest BCUT2D eigenvalue weighted by atomic mass is 79.9. The van der Waals surface area contributed by atoms with Gasteiger partial charge in [-0.2, -0.15) is 0 Å². The smallest absolute Gasteiger partial charge is 0.284 e. The summed E-state index contributed by atoms with van der Waals surface area (Å²) in [6.07, 6.45) is 3.08. The second kappa shape index (κ2) is 5.87. The van der Waals surface area contributed by atoms with Gasteiger partial charge in [-0.3, -0.25) is 14.9 Å². The first-order valence-electron chi connectivity index (χ1n) is 5.69. The zero-order chi connectivity index (χ0) is 14.7. The number of furan rings is 1. The molecule has 0 aliphatic carbocycles. The van der Waals surface area contributed by atoms with Crippen LogP contribution < -0.4 is 0 Å². The van der Waals surface area contributed by atoms with E-state index in [1.54, 1.807) is 25.4 Å². The van der Waals surface area contributed by atoms with Crippen LogP contribution in [-0.2, 0) is 6.54 Å². The summed E-state index contributed by atoms with van der Waals surface area (Å²) >= 11 is 3.09. The molecule has 2 rings (SSSR count). The van der Waals surface area contributed by atoms with Crippen molar-refractivity contribution in [2.75, 3.05) is 7.05 Å². The maximum Gasteiger partial charge on any atom is 0.284 e. The standard InChI is InChI=1S/C13H11BrN2O4/c1-15(7-9-4-5-20-8-9)13(17)10-2-3-11(14)12(6-10)16(18)19/h2-6,8H,7H2,1H3. The van der Waals surface area contributed by atoms with Gasteiger partial charge in [-0.15, -0.1) is 0 Å². The number of carbonyl (C=O) groups is 1. The average molecular weight is 339 g/mol. The number of hydrogen-bond acceptors (Lipinski definition) is 4. The Balaban J connectivity index is 2.20. The number of amides is 1. The molecule has 0 spiro atoms. The number of hydrogen-bond donors (Lipinski definition) is 0. The summed E-state index contributed by atoms with van der Waals surface area (Å²) in [5, 5.41) is 10.9. The first-order valence-corrected chi connectivity index (χ1v) is 6.49. The van der Waals surface area contributed by atoms with E-state index in [0.717, 1.165) is 5.56 Å². The Morgan fingerprint density at radius 1 is 1.45 bits per heavy atom. The third-order valence-corrected chi connectivity index (χ3v) is 3.41. The fraction of sp³-hybridized carbons (Fsp3) is 0.154. The van der Waals surface area contributed by atoms with Crippen molar-refractivity contribution < 1.29 is 14.1 Å². The summed E-state index contributed by atoms with van der Waals surface area (Å²) in [5.74, 6) is -0.290. The molecule has 1 amide bonds. The van der Waals surface area contributed by atoms with Gasteiger partial charge in [0.25, 0.3) is 11.6 Å². The van der Waals surface area contributed by atoms with Gasteiger partial charge in [0, 0.05) is 30.8 Å². The Morgan fingerprint density at radius 3 is 2.80 bits per heavy atom. The maximum atomic E-state index is 12.2. The molecule has 2 aromatic rings. The van der Waals surface area contributed by atoms with Gasteiger partial charge in [-0.25, -0.2) is 0 Å². The fourth-order valence-electron chi connectivity index (χ4n) is 1.73. The van der Waals surface area contributed by atoms with Gasteiger partial charge in [-0.05, 0) is 34.1 Å². The second-order valence-electron chi connectivity index (χ2n) is 4.22. The lowest BCUT2D eigenvalue weighted by Crippen LogP contribution is -2.26. The molecule has 0 saturated carbocycles. The molecule has 0 N–H and O–H groups in total. The van der Waals surface area contributed by atoms with Gasteiger partial charge >= 0.3 is 0 Å². The van der Waals surface area contributed by atoms with Gasteiger partial charge in [0.05, 0.1) is 21.9 Å². The van der Waals surface area contributed by atoms with Crippen molar-refractivity contribution in [3.05, 3.63) is 62.5 Å². The molecule has 0 aliphatic heterocycles. The van der Waals surface area contributed by atoms with E-state index in [1.165, 1.54) is 23.3 Å². The van der Waals surface area contributed by atoms with Gasteiger partial charge in [0.2, 0.25) is 0 Å². The average Bonchev–Trinajstić information content (AvgIpc) is 2.91. The largest absolute Gasteiger partial charge is 0.472 e. The second-order valence-corrected chi connectivity index (χ2v) is 5.07.